The van der Waals surface area contributed by atoms with Crippen LogP contribution in [-0.4, -0.2) is 20.4 Å². The summed E-state index contributed by atoms with van der Waals surface area (Å²) in [7, 11) is 0. The number of nitrogens with zero attached hydrogens (tertiary/aromatic N) is 4. The Bertz CT molecular complexity index is 2180. The SMILES string of the molecule is C1=CCCC(c2ccc(-c3nnc(-c4ccc(Oc5ccc(-c6nnc(-c7ccc(-c8ccccc8)cc7)o6)cc5)cc4)o3)cc2)=C1. The lowest BCUT2D eigenvalue weighted by Gasteiger charge is -2.09. The molecule has 1 aliphatic rings. The van der Waals surface area contributed by atoms with E-state index in [1.54, 1.807) is 0 Å². The molecule has 8 rings (SSSR count). The first-order valence-electron chi connectivity index (χ1n) is 15.4. The fourth-order valence-electron chi connectivity index (χ4n) is 5.49. The highest BCUT2D eigenvalue weighted by molar-refractivity contribution is 5.71. The van der Waals surface area contributed by atoms with Gasteiger partial charge in [-0.3, -0.25) is 0 Å². The van der Waals surface area contributed by atoms with Gasteiger partial charge in [0.05, 0.1) is 0 Å². The maximum Gasteiger partial charge on any atom is 0.248 e. The first-order valence-corrected chi connectivity index (χ1v) is 15.4. The smallest absolute Gasteiger partial charge is 0.248 e. The Balaban J connectivity index is 0.901. The van der Waals surface area contributed by atoms with Gasteiger partial charge in [-0.05, 0) is 108 Å². The topological polar surface area (TPSA) is 87.1 Å². The van der Waals surface area contributed by atoms with Crippen molar-refractivity contribution in [3.05, 3.63) is 151 Å². The number of hydrogen-bond donors (Lipinski definition) is 0. The first-order chi connectivity index (χ1) is 23.2. The summed E-state index contributed by atoms with van der Waals surface area (Å²) in [6, 6.07) is 41.7. The van der Waals surface area contributed by atoms with E-state index in [9.17, 15) is 0 Å². The molecule has 0 radical (unpaired) electrons. The summed E-state index contributed by atoms with van der Waals surface area (Å²) in [5.74, 6) is 3.21. The minimum Gasteiger partial charge on any atom is -0.457 e. The van der Waals surface area contributed by atoms with Crippen LogP contribution in [0.1, 0.15) is 18.4 Å². The molecule has 5 aromatic carbocycles. The highest BCUT2D eigenvalue weighted by Crippen LogP contribution is 2.31. The lowest BCUT2D eigenvalue weighted by atomic mass is 9.97. The summed E-state index contributed by atoms with van der Waals surface area (Å²) < 4.78 is 18.1. The number of rotatable bonds is 8. The largest absolute Gasteiger partial charge is 0.457 e. The second-order valence-corrected chi connectivity index (χ2v) is 11.2. The highest BCUT2D eigenvalue weighted by atomic mass is 16.5. The third-order valence-electron chi connectivity index (χ3n) is 8.04. The Morgan fingerprint density at radius 1 is 0.426 bits per heavy atom. The number of benzene rings is 5. The van der Waals surface area contributed by atoms with Crippen LogP contribution in [0.5, 0.6) is 11.5 Å². The summed E-state index contributed by atoms with van der Waals surface area (Å²) in [6.45, 7) is 0. The molecular weight excluding hydrogens is 584 g/mol. The zero-order valence-corrected chi connectivity index (χ0v) is 25.3. The number of allylic oxidation sites excluding steroid dienone is 4. The van der Waals surface area contributed by atoms with E-state index in [2.05, 4.69) is 75.0 Å². The van der Waals surface area contributed by atoms with E-state index in [1.807, 2.05) is 91.0 Å². The van der Waals surface area contributed by atoms with Gasteiger partial charge in [-0.1, -0.05) is 72.8 Å². The van der Waals surface area contributed by atoms with E-state index in [0.717, 1.165) is 46.2 Å². The number of ether oxygens (including phenoxy) is 1. The van der Waals surface area contributed by atoms with Gasteiger partial charge in [0.25, 0.3) is 0 Å². The van der Waals surface area contributed by atoms with Crippen LogP contribution in [0.15, 0.2) is 154 Å². The third-order valence-corrected chi connectivity index (χ3v) is 8.04. The molecule has 1 aliphatic carbocycles. The molecule has 0 atom stereocenters. The molecule has 0 saturated heterocycles. The maximum absolute atomic E-state index is 6.08. The van der Waals surface area contributed by atoms with E-state index < -0.39 is 0 Å². The van der Waals surface area contributed by atoms with Crippen LogP contribution in [0.2, 0.25) is 0 Å². The standard InChI is InChI=1S/C40H28N4O3/c1-3-7-27(8-4-1)29-11-15-31(16-12-29)37-41-43-39(46-37)33-19-23-35(24-20-33)45-36-25-21-34(22-26-36)40-44-42-38(47-40)32-17-13-30(14-18-32)28-9-5-2-6-10-28/h1-5,7-9,11-26H,6,10H2. The zero-order chi connectivity index (χ0) is 31.4. The molecule has 226 valence electrons. The van der Waals surface area contributed by atoms with Gasteiger partial charge in [-0.25, -0.2) is 0 Å². The van der Waals surface area contributed by atoms with Crippen molar-refractivity contribution in [1.82, 2.24) is 20.4 Å². The minimum atomic E-state index is 0.442. The van der Waals surface area contributed by atoms with Gasteiger partial charge in [-0.15, -0.1) is 20.4 Å². The lowest BCUT2D eigenvalue weighted by Crippen LogP contribution is -1.88. The molecule has 0 spiro atoms. The molecule has 2 heterocycles. The van der Waals surface area contributed by atoms with Crippen molar-refractivity contribution in [2.24, 2.45) is 0 Å². The van der Waals surface area contributed by atoms with Crippen LogP contribution in [0.4, 0.5) is 0 Å². The summed E-state index contributed by atoms with van der Waals surface area (Å²) in [5.41, 5.74) is 8.21. The average Bonchev–Trinajstić information content (AvgIpc) is 3.85. The molecule has 0 fully saturated rings. The molecule has 0 N–H and O–H groups in total. The predicted octanol–water partition coefficient (Wildman–Crippen LogP) is 10.3. The Labute approximate surface area is 271 Å². The Hall–Kier alpha value is -6.34. The molecule has 2 aromatic heterocycles. The summed E-state index contributed by atoms with van der Waals surface area (Å²) in [6.07, 6.45) is 8.60. The molecule has 7 heteroatoms. The van der Waals surface area contributed by atoms with Crippen molar-refractivity contribution in [3.63, 3.8) is 0 Å². The van der Waals surface area contributed by atoms with Crippen LogP contribution in [0, 0.1) is 0 Å². The monoisotopic (exact) mass is 612 g/mol. The van der Waals surface area contributed by atoms with Crippen molar-refractivity contribution in [2.45, 2.75) is 12.8 Å². The molecule has 0 amide bonds. The molecule has 0 aliphatic heterocycles. The molecule has 0 saturated carbocycles. The maximum atomic E-state index is 6.08. The molecule has 7 nitrogen and oxygen atoms in total. The van der Waals surface area contributed by atoms with Crippen molar-refractivity contribution in [3.8, 4) is 68.4 Å². The average molecular weight is 613 g/mol. The second-order valence-electron chi connectivity index (χ2n) is 11.2. The predicted molar refractivity (Wildman–Crippen MR) is 182 cm³/mol. The van der Waals surface area contributed by atoms with Crippen LogP contribution in [0.3, 0.4) is 0 Å². The second kappa shape index (κ2) is 12.6. The van der Waals surface area contributed by atoms with Gasteiger partial charge in [0, 0.05) is 22.3 Å². The normalized spacial score (nSPS) is 12.6. The number of aromatic nitrogens is 4. The first kappa shape index (κ1) is 28.2. The van der Waals surface area contributed by atoms with Crippen LogP contribution in [-0.2, 0) is 0 Å². The Morgan fingerprint density at radius 3 is 1.28 bits per heavy atom. The minimum absolute atomic E-state index is 0.442. The van der Waals surface area contributed by atoms with Crippen molar-refractivity contribution < 1.29 is 13.6 Å². The van der Waals surface area contributed by atoms with Gasteiger partial charge in [-0.2, -0.15) is 0 Å². The van der Waals surface area contributed by atoms with E-state index in [1.165, 1.54) is 11.1 Å². The fourth-order valence-corrected chi connectivity index (χ4v) is 5.49. The van der Waals surface area contributed by atoms with Crippen molar-refractivity contribution in [1.29, 1.82) is 0 Å². The fraction of sp³-hybridized carbons (Fsp3) is 0.0500. The van der Waals surface area contributed by atoms with Gasteiger partial charge < -0.3 is 13.6 Å². The van der Waals surface area contributed by atoms with Gasteiger partial charge >= 0.3 is 0 Å². The van der Waals surface area contributed by atoms with Crippen LogP contribution >= 0.6 is 0 Å². The van der Waals surface area contributed by atoms with Gasteiger partial charge in [0.2, 0.25) is 23.6 Å². The highest BCUT2D eigenvalue weighted by Gasteiger charge is 2.14. The molecule has 47 heavy (non-hydrogen) atoms. The van der Waals surface area contributed by atoms with Gasteiger partial charge in [0.1, 0.15) is 11.5 Å². The van der Waals surface area contributed by atoms with E-state index >= 15 is 0 Å². The quantitative estimate of drug-likeness (QED) is 0.169. The van der Waals surface area contributed by atoms with Crippen LogP contribution < -0.4 is 4.74 Å². The molecule has 7 aromatic rings. The summed E-state index contributed by atoms with van der Waals surface area (Å²) in [5, 5.41) is 17.1. The lowest BCUT2D eigenvalue weighted by molar-refractivity contribution is 0.482. The van der Waals surface area contributed by atoms with E-state index in [4.69, 9.17) is 13.6 Å². The number of hydrogen-bond acceptors (Lipinski definition) is 7. The summed E-state index contributed by atoms with van der Waals surface area (Å²) >= 11 is 0. The van der Waals surface area contributed by atoms with Crippen molar-refractivity contribution >= 4 is 5.57 Å². The molecule has 0 bridgehead atoms. The zero-order valence-electron chi connectivity index (χ0n) is 25.3. The van der Waals surface area contributed by atoms with Gasteiger partial charge in [0.15, 0.2) is 0 Å². The van der Waals surface area contributed by atoms with E-state index in [0.29, 0.717) is 35.1 Å². The third kappa shape index (κ3) is 6.15. The molecule has 0 unspecified atom stereocenters. The Kier molecular flexibility index (Phi) is 7.53. The molecular formula is C40H28N4O3. The van der Waals surface area contributed by atoms with E-state index in [-0.39, 0.29) is 0 Å². The van der Waals surface area contributed by atoms with Crippen LogP contribution in [0.25, 0.3) is 62.5 Å². The van der Waals surface area contributed by atoms with Crippen molar-refractivity contribution in [2.75, 3.05) is 0 Å². The summed E-state index contributed by atoms with van der Waals surface area (Å²) in [4.78, 5) is 0. The Morgan fingerprint density at radius 2 is 0.830 bits per heavy atom.